The molecule has 13 heteroatoms. The Morgan fingerprint density at radius 3 is 1.84 bits per heavy atom. The van der Waals surface area contributed by atoms with E-state index in [1.165, 1.54) is 0 Å². The molecule has 0 unspecified atom stereocenters. The molecule has 0 amide bonds. The molecule has 2 aromatic rings. The summed E-state index contributed by atoms with van der Waals surface area (Å²) in [4.78, 5) is 11.9. The lowest BCUT2D eigenvalue weighted by Gasteiger charge is -2.32. The highest BCUT2D eigenvalue weighted by molar-refractivity contribution is 7.96. The van der Waals surface area contributed by atoms with E-state index < -0.39 is 54.4 Å². The molecule has 0 N–H and O–H groups in total. The zero-order valence-corrected chi connectivity index (χ0v) is 16.6. The number of fused-ring (bicyclic) bond motifs is 3. The Bertz CT molecular complexity index is 904. The molecule has 6 nitrogen and oxygen atoms in total. The fraction of sp³-hybridized carbons (Fsp3) is 0.316. The Hall–Kier alpha value is -2.32. The molecule has 32 heavy (non-hydrogen) atoms. The number of carbonyl (C=O) groups is 1. The largest absolute Gasteiger partial charge is 0.691 e. The third-order valence-corrected chi connectivity index (χ3v) is 5.65. The van der Waals surface area contributed by atoms with Crippen molar-refractivity contribution in [3.05, 3.63) is 59.7 Å². The number of alkyl halides is 6. The molecule has 0 bridgehead atoms. The molecule has 0 saturated heterocycles. The van der Waals surface area contributed by atoms with E-state index in [0.717, 1.165) is 22.3 Å². The predicted octanol–water partition coefficient (Wildman–Crippen LogP) is 4.05. The van der Waals surface area contributed by atoms with Crippen molar-refractivity contribution in [1.29, 1.82) is 0 Å². The van der Waals surface area contributed by atoms with Gasteiger partial charge in [-0.2, -0.15) is 30.7 Å². The monoisotopic (exact) mass is 483 g/mol. The Kier molecular flexibility index (Phi) is 7.05. The number of rotatable bonds is 8. The number of hydrogen-bond acceptors (Lipinski definition) is 7. The second-order valence-electron chi connectivity index (χ2n) is 6.46. The molecular formula is C19H13F6O6S-. The highest BCUT2D eigenvalue weighted by Crippen LogP contribution is 2.53. The summed E-state index contributed by atoms with van der Waals surface area (Å²) in [6.07, 6.45) is -13.1. The minimum absolute atomic E-state index is 0.506. The molecule has 0 radical (unpaired) electrons. The molecule has 0 heterocycles. The van der Waals surface area contributed by atoms with Crippen LogP contribution in [0.4, 0.5) is 26.3 Å². The van der Waals surface area contributed by atoms with E-state index in [1.807, 2.05) is 12.1 Å². The van der Waals surface area contributed by atoms with Crippen molar-refractivity contribution in [2.75, 3.05) is 13.2 Å². The van der Waals surface area contributed by atoms with Crippen molar-refractivity contribution in [2.45, 2.75) is 23.2 Å². The van der Waals surface area contributed by atoms with Gasteiger partial charge in [-0.05, 0) is 22.3 Å². The van der Waals surface area contributed by atoms with E-state index in [0.29, 0.717) is 0 Å². The fourth-order valence-corrected chi connectivity index (χ4v) is 3.72. The van der Waals surface area contributed by atoms with Gasteiger partial charge in [0.05, 0.1) is 18.6 Å². The molecule has 1 aliphatic carbocycles. The summed E-state index contributed by atoms with van der Waals surface area (Å²) in [6.45, 7) is -1.43. The normalized spacial score (nSPS) is 14.2. The van der Waals surface area contributed by atoms with Gasteiger partial charge in [0.25, 0.3) is 0 Å². The Balaban J connectivity index is 1.71. The molecule has 0 aromatic heterocycles. The van der Waals surface area contributed by atoms with Crippen LogP contribution < -0.4 is 5.26 Å². The van der Waals surface area contributed by atoms with Gasteiger partial charge in [-0.25, -0.2) is 4.79 Å². The van der Waals surface area contributed by atoms with Crippen molar-refractivity contribution < 1.29 is 55.2 Å². The van der Waals surface area contributed by atoms with Crippen LogP contribution >= 0.6 is 12.0 Å². The van der Waals surface area contributed by atoms with E-state index in [1.54, 1.807) is 36.4 Å². The molecule has 0 aliphatic heterocycles. The summed E-state index contributed by atoms with van der Waals surface area (Å²) in [5, 5.41) is 12.4. The van der Waals surface area contributed by atoms with Crippen LogP contribution in [0, 0.1) is 0 Å². The van der Waals surface area contributed by atoms with Crippen LogP contribution in [0.15, 0.2) is 48.5 Å². The van der Waals surface area contributed by atoms with E-state index in [-0.39, 0.29) is 0 Å². The van der Waals surface area contributed by atoms with Crippen molar-refractivity contribution in [3.8, 4) is 11.1 Å². The minimum Gasteiger partial charge on any atom is -0.691 e. The quantitative estimate of drug-likeness (QED) is 0.140. The van der Waals surface area contributed by atoms with Gasteiger partial charge in [0, 0.05) is 0 Å². The van der Waals surface area contributed by atoms with Gasteiger partial charge in [0.2, 0.25) is 0 Å². The lowest BCUT2D eigenvalue weighted by molar-refractivity contribution is -0.777. The molecule has 2 aromatic carbocycles. The SMILES string of the molecule is O=C(OCCOC1c2ccccc2-c2ccccc21)C(SOO[O-])(C(F)(F)F)C(F)(F)F. The Morgan fingerprint density at radius 2 is 1.38 bits per heavy atom. The average Bonchev–Trinajstić information content (AvgIpc) is 3.04. The van der Waals surface area contributed by atoms with Gasteiger partial charge in [-0.15, -0.1) is 0 Å². The molecule has 0 atom stereocenters. The maximum Gasteiger partial charge on any atom is 0.425 e. The van der Waals surface area contributed by atoms with Crippen LogP contribution in [0.25, 0.3) is 11.1 Å². The number of ether oxygens (including phenoxy) is 2. The zero-order valence-electron chi connectivity index (χ0n) is 15.7. The van der Waals surface area contributed by atoms with Crippen LogP contribution in [0.3, 0.4) is 0 Å². The first kappa shape index (κ1) is 24.3. The molecule has 0 saturated carbocycles. The van der Waals surface area contributed by atoms with Crippen LogP contribution in [0.2, 0.25) is 0 Å². The first-order chi connectivity index (χ1) is 15.0. The van der Waals surface area contributed by atoms with Gasteiger partial charge < -0.3 is 14.7 Å². The Morgan fingerprint density at radius 1 is 0.875 bits per heavy atom. The minimum atomic E-state index is -6.21. The van der Waals surface area contributed by atoms with Crippen molar-refractivity contribution >= 4 is 18.0 Å². The molecule has 0 fully saturated rings. The second kappa shape index (κ2) is 9.27. The van der Waals surface area contributed by atoms with Gasteiger partial charge >= 0.3 is 23.1 Å². The van der Waals surface area contributed by atoms with E-state index in [9.17, 15) is 36.4 Å². The van der Waals surface area contributed by atoms with Crippen molar-refractivity contribution in [1.82, 2.24) is 0 Å². The fourth-order valence-electron chi connectivity index (χ4n) is 3.28. The summed E-state index contributed by atoms with van der Waals surface area (Å²) in [6, 6.07) is 14.3. The number of carbonyl (C=O) groups excluding carboxylic acids is 1. The molecule has 0 spiro atoms. The third-order valence-electron chi connectivity index (χ3n) is 4.65. The van der Waals surface area contributed by atoms with E-state index in [2.05, 4.69) is 14.1 Å². The molecule has 174 valence electrons. The lowest BCUT2D eigenvalue weighted by atomic mass is 10.1. The van der Waals surface area contributed by atoms with Crippen LogP contribution in [0.1, 0.15) is 17.2 Å². The highest BCUT2D eigenvalue weighted by atomic mass is 32.2. The van der Waals surface area contributed by atoms with E-state index in [4.69, 9.17) is 4.74 Å². The molecule has 1 aliphatic rings. The first-order valence-electron chi connectivity index (χ1n) is 8.79. The number of hydrogen-bond donors (Lipinski definition) is 0. The number of benzene rings is 2. The third kappa shape index (κ3) is 4.30. The maximum absolute atomic E-state index is 13.2. The zero-order chi connectivity index (χ0) is 23.6. The predicted molar refractivity (Wildman–Crippen MR) is 95.2 cm³/mol. The van der Waals surface area contributed by atoms with Crippen LogP contribution in [-0.4, -0.2) is 36.3 Å². The first-order valence-corrected chi connectivity index (χ1v) is 9.53. The summed E-state index contributed by atoms with van der Waals surface area (Å²) in [7, 11) is 0. The summed E-state index contributed by atoms with van der Waals surface area (Å²) in [5.74, 6) is -2.73. The van der Waals surface area contributed by atoms with Gasteiger partial charge in [-0.1, -0.05) is 48.5 Å². The van der Waals surface area contributed by atoms with Crippen molar-refractivity contribution in [3.63, 3.8) is 0 Å². The number of halogens is 6. The van der Waals surface area contributed by atoms with Crippen LogP contribution in [0.5, 0.6) is 0 Å². The van der Waals surface area contributed by atoms with Crippen LogP contribution in [-0.2, 0) is 23.6 Å². The van der Waals surface area contributed by atoms with Crippen molar-refractivity contribution in [2.24, 2.45) is 0 Å². The van der Waals surface area contributed by atoms with Gasteiger partial charge in [0.15, 0.2) is 0 Å². The standard InChI is InChI=1S/C19H14F6O6S/c20-18(21,22)17(19(23,24)25,32-31-30-27)16(26)29-10-9-28-15-13-7-3-1-5-11(13)12-6-2-4-8-14(12)15/h1-8,15,27H,9-10H2/p-1. The average molecular weight is 483 g/mol. The molecular weight excluding hydrogens is 470 g/mol. The topological polar surface area (TPSA) is 77.1 Å². The second-order valence-corrected chi connectivity index (χ2v) is 7.37. The lowest BCUT2D eigenvalue weighted by Crippen LogP contribution is -2.60. The highest BCUT2D eigenvalue weighted by Gasteiger charge is 2.79. The Labute approximate surface area is 181 Å². The summed E-state index contributed by atoms with van der Waals surface area (Å²) in [5.41, 5.74) is 3.22. The van der Waals surface area contributed by atoms with Gasteiger partial charge in [0.1, 0.15) is 12.7 Å². The van der Waals surface area contributed by atoms with Gasteiger partial charge in [-0.3, -0.25) is 5.04 Å². The van der Waals surface area contributed by atoms with E-state index >= 15 is 0 Å². The molecule has 3 rings (SSSR count). The maximum atomic E-state index is 13.2. The number of esters is 1. The smallest absolute Gasteiger partial charge is 0.425 e. The summed E-state index contributed by atoms with van der Waals surface area (Å²) < 4.78 is 87.2. The summed E-state index contributed by atoms with van der Waals surface area (Å²) >= 11 is -1.54.